The van der Waals surface area contributed by atoms with E-state index in [1.807, 2.05) is 4.57 Å². The molecule has 0 amide bonds. The third-order valence-electron chi connectivity index (χ3n) is 5.64. The number of aromatic nitrogens is 3. The van der Waals surface area contributed by atoms with Crippen molar-refractivity contribution in [3.8, 4) is 0 Å². The zero-order valence-electron chi connectivity index (χ0n) is 13.1. The highest BCUT2D eigenvalue weighted by Gasteiger charge is 2.39. The molecule has 3 aliphatic rings. The van der Waals surface area contributed by atoms with Gasteiger partial charge in [-0.05, 0) is 44.9 Å². The van der Waals surface area contributed by atoms with Crippen molar-refractivity contribution >= 4 is 22.6 Å². The molecule has 4 rings (SSSR count). The number of rotatable bonds is 4. The Hall–Kier alpha value is -0.370. The number of hydrogen-bond donors (Lipinski definition) is 0. The van der Waals surface area contributed by atoms with Gasteiger partial charge in [-0.15, -0.1) is 0 Å². The molecule has 2 saturated heterocycles. The Balaban J connectivity index is 1.36. The van der Waals surface area contributed by atoms with Gasteiger partial charge in [-0.3, -0.25) is 9.47 Å². The summed E-state index contributed by atoms with van der Waals surface area (Å²) in [4.78, 5) is 15.0. The minimum atomic E-state index is 0.114. The molecule has 0 N–H and O–H groups in total. The second-order valence-corrected chi connectivity index (χ2v) is 8.84. The maximum absolute atomic E-state index is 12.3. The molecule has 0 saturated carbocycles. The Kier molecular flexibility index (Phi) is 4.32. The van der Waals surface area contributed by atoms with E-state index >= 15 is 0 Å². The van der Waals surface area contributed by atoms with Crippen molar-refractivity contribution in [3.63, 3.8) is 0 Å². The summed E-state index contributed by atoms with van der Waals surface area (Å²) in [7, 11) is 0. The molecule has 3 aliphatic heterocycles. The van der Waals surface area contributed by atoms with Crippen molar-refractivity contribution in [1.29, 1.82) is 0 Å². The van der Waals surface area contributed by atoms with E-state index in [9.17, 15) is 4.79 Å². The maximum Gasteiger partial charge on any atom is 0.345 e. The average Bonchev–Trinajstić information content (AvgIpc) is 2.95. The Bertz CT molecular complexity index is 581. The van der Waals surface area contributed by atoms with Crippen LogP contribution in [0.5, 0.6) is 0 Å². The summed E-state index contributed by atoms with van der Waals surface area (Å²) >= 11 is 2.62. The molecule has 2 fully saturated rings. The lowest BCUT2D eigenvalue weighted by molar-refractivity contribution is 0.142. The highest BCUT2D eigenvalue weighted by molar-refractivity contribution is 14.1. The first kappa shape index (κ1) is 15.2. The van der Waals surface area contributed by atoms with E-state index in [2.05, 4.69) is 32.6 Å². The molecule has 2 bridgehead atoms. The van der Waals surface area contributed by atoms with Gasteiger partial charge in [-0.2, -0.15) is 5.10 Å². The monoisotopic (exact) mass is 416 g/mol. The first-order valence-electron chi connectivity index (χ1n) is 8.78. The summed E-state index contributed by atoms with van der Waals surface area (Å²) in [6.45, 7) is 2.78. The highest BCUT2D eigenvalue weighted by atomic mass is 127. The lowest BCUT2D eigenvalue weighted by atomic mass is 10.0. The second-order valence-electron chi connectivity index (χ2n) is 7.08. The normalized spacial score (nSPS) is 31.4. The molecule has 0 radical (unpaired) electrons. The molecule has 4 heterocycles. The SMILES string of the molecule is O=c1n(CCCN2C3CCC2CC(I)C3)nc2n1CCCC2. The molecule has 5 nitrogen and oxygen atoms in total. The number of piperidine rings is 1. The van der Waals surface area contributed by atoms with Crippen LogP contribution in [0.25, 0.3) is 0 Å². The number of halogens is 1. The van der Waals surface area contributed by atoms with Crippen molar-refractivity contribution in [3.05, 3.63) is 16.3 Å². The molecule has 0 aliphatic carbocycles. The fourth-order valence-electron chi connectivity index (χ4n) is 4.57. The van der Waals surface area contributed by atoms with E-state index in [1.54, 1.807) is 4.68 Å². The Morgan fingerprint density at radius 3 is 2.64 bits per heavy atom. The molecule has 22 heavy (non-hydrogen) atoms. The summed E-state index contributed by atoms with van der Waals surface area (Å²) in [6, 6.07) is 1.60. The van der Waals surface area contributed by atoms with Crippen LogP contribution in [0.1, 0.15) is 50.8 Å². The fraction of sp³-hybridized carbons (Fsp3) is 0.875. The van der Waals surface area contributed by atoms with Crippen LogP contribution in [-0.4, -0.2) is 41.8 Å². The van der Waals surface area contributed by atoms with Crippen LogP contribution in [0.2, 0.25) is 0 Å². The number of nitrogens with zero attached hydrogens (tertiary/aromatic N) is 4. The Morgan fingerprint density at radius 1 is 1.14 bits per heavy atom. The Morgan fingerprint density at radius 2 is 1.91 bits per heavy atom. The van der Waals surface area contributed by atoms with E-state index in [4.69, 9.17) is 0 Å². The third kappa shape index (κ3) is 2.77. The van der Waals surface area contributed by atoms with Gasteiger partial charge in [0.1, 0.15) is 5.82 Å². The van der Waals surface area contributed by atoms with Gasteiger partial charge in [0.2, 0.25) is 0 Å². The van der Waals surface area contributed by atoms with E-state index < -0.39 is 0 Å². The number of hydrogen-bond acceptors (Lipinski definition) is 3. The van der Waals surface area contributed by atoms with Crippen molar-refractivity contribution in [2.45, 2.75) is 80.5 Å². The first-order valence-corrected chi connectivity index (χ1v) is 10.0. The van der Waals surface area contributed by atoms with E-state index in [0.29, 0.717) is 0 Å². The molecular formula is C16H25IN4O. The number of alkyl halides is 1. The Labute approximate surface area is 145 Å². The van der Waals surface area contributed by atoms with Gasteiger partial charge in [0.25, 0.3) is 0 Å². The second kappa shape index (κ2) is 6.26. The largest absolute Gasteiger partial charge is 0.345 e. The van der Waals surface area contributed by atoms with Crippen LogP contribution < -0.4 is 5.69 Å². The zero-order valence-corrected chi connectivity index (χ0v) is 15.2. The molecule has 0 spiro atoms. The topological polar surface area (TPSA) is 43.1 Å². The van der Waals surface area contributed by atoms with E-state index in [-0.39, 0.29) is 5.69 Å². The fourth-order valence-corrected chi connectivity index (χ4v) is 5.74. The average molecular weight is 416 g/mol. The first-order chi connectivity index (χ1) is 10.7. The van der Waals surface area contributed by atoms with Crippen LogP contribution in [0.4, 0.5) is 0 Å². The molecule has 6 heteroatoms. The lowest BCUT2D eigenvalue weighted by Gasteiger charge is -2.37. The standard InChI is InChI=1S/C16H25IN4O/c17-12-10-13-5-6-14(11-12)19(13)8-3-9-21-16(22)20-7-2-1-4-15(20)18-21/h12-14H,1-11H2. The van der Waals surface area contributed by atoms with Gasteiger partial charge in [0.15, 0.2) is 0 Å². The van der Waals surface area contributed by atoms with Crippen LogP contribution >= 0.6 is 22.6 Å². The quantitative estimate of drug-likeness (QED) is 0.559. The van der Waals surface area contributed by atoms with E-state index in [0.717, 1.165) is 60.7 Å². The van der Waals surface area contributed by atoms with Crippen LogP contribution in [0, 0.1) is 0 Å². The van der Waals surface area contributed by atoms with Gasteiger partial charge in [0, 0.05) is 42.1 Å². The smallest absolute Gasteiger partial charge is 0.297 e. The molecular weight excluding hydrogens is 391 g/mol. The molecule has 1 aromatic heterocycles. The minimum Gasteiger partial charge on any atom is -0.297 e. The number of fused-ring (bicyclic) bond motifs is 3. The number of aryl methyl sites for hydroxylation is 2. The predicted molar refractivity (Wildman–Crippen MR) is 94.6 cm³/mol. The summed E-state index contributed by atoms with van der Waals surface area (Å²) < 4.78 is 4.47. The van der Waals surface area contributed by atoms with Gasteiger partial charge < -0.3 is 0 Å². The van der Waals surface area contributed by atoms with E-state index in [1.165, 1.54) is 32.1 Å². The van der Waals surface area contributed by atoms with Crippen molar-refractivity contribution in [2.24, 2.45) is 0 Å². The maximum atomic E-state index is 12.3. The zero-order chi connectivity index (χ0) is 15.1. The molecule has 2 atom stereocenters. The summed E-state index contributed by atoms with van der Waals surface area (Å²) in [5.74, 6) is 1.00. The molecule has 0 aromatic carbocycles. The van der Waals surface area contributed by atoms with Gasteiger partial charge in [-0.25, -0.2) is 9.48 Å². The van der Waals surface area contributed by atoms with Crippen molar-refractivity contribution in [2.75, 3.05) is 6.54 Å². The van der Waals surface area contributed by atoms with Crippen molar-refractivity contribution < 1.29 is 0 Å². The van der Waals surface area contributed by atoms with Crippen LogP contribution in [0.15, 0.2) is 4.79 Å². The van der Waals surface area contributed by atoms with Crippen LogP contribution in [-0.2, 0) is 19.5 Å². The highest BCUT2D eigenvalue weighted by Crippen LogP contribution is 2.38. The predicted octanol–water partition coefficient (Wildman–Crippen LogP) is 2.20. The van der Waals surface area contributed by atoms with Crippen LogP contribution in [0.3, 0.4) is 0 Å². The third-order valence-corrected chi connectivity index (χ3v) is 6.66. The lowest BCUT2D eigenvalue weighted by Crippen LogP contribution is -2.44. The summed E-state index contributed by atoms with van der Waals surface area (Å²) in [5.41, 5.74) is 0.114. The summed E-state index contributed by atoms with van der Waals surface area (Å²) in [6.07, 6.45) is 9.78. The molecule has 1 aromatic rings. The van der Waals surface area contributed by atoms with Crippen molar-refractivity contribution in [1.82, 2.24) is 19.2 Å². The van der Waals surface area contributed by atoms with Gasteiger partial charge in [0.05, 0.1) is 0 Å². The molecule has 122 valence electrons. The van der Waals surface area contributed by atoms with Gasteiger partial charge in [-0.1, -0.05) is 22.6 Å². The summed E-state index contributed by atoms with van der Waals surface area (Å²) in [5, 5.41) is 4.55. The minimum absolute atomic E-state index is 0.114. The molecule has 2 unspecified atom stereocenters. The van der Waals surface area contributed by atoms with Gasteiger partial charge >= 0.3 is 5.69 Å².